The molecule has 1 atom stereocenters. The summed E-state index contributed by atoms with van der Waals surface area (Å²) in [4.78, 5) is 12.4. The van der Waals surface area contributed by atoms with E-state index in [1.165, 1.54) is 11.8 Å². The number of hydrogen-bond donors (Lipinski definition) is 1. The molecule has 1 aromatic heterocycles. The summed E-state index contributed by atoms with van der Waals surface area (Å²) in [6, 6.07) is 7.57. The average molecular weight is 385 g/mol. The summed E-state index contributed by atoms with van der Waals surface area (Å²) in [5.74, 6) is 1.59. The molecule has 2 heterocycles. The van der Waals surface area contributed by atoms with Gasteiger partial charge in [0.25, 0.3) is 0 Å². The Labute approximate surface area is 163 Å². The number of thioether (sulfide) groups is 1. The molecule has 1 N–H and O–H groups in total. The van der Waals surface area contributed by atoms with Crippen molar-refractivity contribution in [1.29, 1.82) is 0 Å². The molecule has 27 heavy (non-hydrogen) atoms. The lowest BCUT2D eigenvalue weighted by molar-refractivity contribution is -0.113. The quantitative estimate of drug-likeness (QED) is 0.799. The van der Waals surface area contributed by atoms with Crippen LogP contribution in [-0.4, -0.2) is 29.5 Å². The first kappa shape index (κ1) is 19.2. The van der Waals surface area contributed by atoms with Crippen molar-refractivity contribution in [2.45, 2.75) is 27.2 Å². The van der Waals surface area contributed by atoms with Crippen molar-refractivity contribution in [3.05, 3.63) is 47.4 Å². The first-order valence-corrected chi connectivity index (χ1v) is 9.79. The summed E-state index contributed by atoms with van der Waals surface area (Å²) >= 11 is 1.41. The zero-order valence-corrected chi connectivity index (χ0v) is 16.7. The Morgan fingerprint density at radius 3 is 2.74 bits per heavy atom. The summed E-state index contributed by atoms with van der Waals surface area (Å²) in [5, 5.41) is 12.3. The largest absolute Gasteiger partial charge is 0.495 e. The molecular weight excluding hydrogens is 362 g/mol. The van der Waals surface area contributed by atoms with Crippen LogP contribution >= 0.6 is 11.8 Å². The van der Waals surface area contributed by atoms with Crippen LogP contribution in [0.1, 0.15) is 30.2 Å². The van der Waals surface area contributed by atoms with Crippen molar-refractivity contribution in [3.63, 3.8) is 0 Å². The highest BCUT2D eigenvalue weighted by Gasteiger charge is 2.29. The highest BCUT2D eigenvalue weighted by Crippen LogP contribution is 2.30. The normalized spacial score (nSPS) is 16.1. The fraction of sp³-hybridized carbons (Fsp3) is 0.350. The molecule has 6 nitrogen and oxygen atoms in total. The second-order valence-corrected chi connectivity index (χ2v) is 7.33. The van der Waals surface area contributed by atoms with Crippen LogP contribution in [0.4, 0.5) is 5.69 Å². The molecule has 0 radical (unpaired) electrons. The average Bonchev–Trinajstić information content (AvgIpc) is 3.31. The highest BCUT2D eigenvalue weighted by molar-refractivity contribution is 8.14. The number of hydrogen-bond acceptors (Lipinski definition) is 6. The number of carbonyl (C=O) groups is 1. The number of nitrogens with zero attached hydrogens (tertiary/aromatic N) is 2. The number of anilines is 1. The molecule has 0 spiro atoms. The molecule has 1 aliphatic rings. The SMILES string of the molecule is CCC1C(SCC(=O)Nc2cc(C)c(C)cc2OC)=NN=C1c1ccco1. The van der Waals surface area contributed by atoms with Crippen molar-refractivity contribution in [3.8, 4) is 5.75 Å². The molecular formula is C20H23N3O3S. The van der Waals surface area contributed by atoms with Crippen molar-refractivity contribution in [2.24, 2.45) is 16.1 Å². The van der Waals surface area contributed by atoms with Gasteiger partial charge < -0.3 is 14.5 Å². The predicted octanol–water partition coefficient (Wildman–Crippen LogP) is 4.42. The maximum absolute atomic E-state index is 12.4. The molecule has 3 rings (SSSR count). The molecule has 0 bridgehead atoms. The van der Waals surface area contributed by atoms with Crippen LogP contribution in [0.2, 0.25) is 0 Å². The number of carbonyl (C=O) groups excluding carboxylic acids is 1. The van der Waals surface area contributed by atoms with Crippen LogP contribution < -0.4 is 10.1 Å². The molecule has 1 unspecified atom stereocenters. The van der Waals surface area contributed by atoms with Gasteiger partial charge in [0.15, 0.2) is 5.76 Å². The highest BCUT2D eigenvalue weighted by atomic mass is 32.2. The maximum Gasteiger partial charge on any atom is 0.234 e. The first-order valence-electron chi connectivity index (χ1n) is 8.80. The zero-order chi connectivity index (χ0) is 19.4. The smallest absolute Gasteiger partial charge is 0.234 e. The molecule has 1 aliphatic heterocycles. The molecule has 2 aromatic rings. The van der Waals surface area contributed by atoms with Gasteiger partial charge in [-0.25, -0.2) is 0 Å². The molecule has 0 saturated carbocycles. The van der Waals surface area contributed by atoms with Gasteiger partial charge in [-0.15, -0.1) is 5.10 Å². The number of nitrogens with one attached hydrogen (secondary N) is 1. The summed E-state index contributed by atoms with van der Waals surface area (Å²) in [7, 11) is 1.60. The summed E-state index contributed by atoms with van der Waals surface area (Å²) in [6.45, 7) is 6.09. The standard InChI is InChI=1S/C20H23N3O3S/c1-5-14-19(16-7-6-8-26-16)22-23-20(14)27-11-18(24)21-15-9-12(2)13(3)10-17(15)25-4/h6-10,14H,5,11H2,1-4H3,(H,21,24). The number of aryl methyl sites for hydroxylation is 2. The second kappa shape index (κ2) is 8.43. The molecule has 142 valence electrons. The van der Waals surface area contributed by atoms with Gasteiger partial charge in [-0.1, -0.05) is 18.7 Å². The van der Waals surface area contributed by atoms with Crippen molar-refractivity contribution >= 4 is 34.1 Å². The van der Waals surface area contributed by atoms with Crippen molar-refractivity contribution in [2.75, 3.05) is 18.2 Å². The minimum Gasteiger partial charge on any atom is -0.495 e. The lowest BCUT2D eigenvalue weighted by Gasteiger charge is -2.14. The lowest BCUT2D eigenvalue weighted by atomic mass is 10.0. The second-order valence-electron chi connectivity index (χ2n) is 6.34. The number of amides is 1. The van der Waals surface area contributed by atoms with E-state index in [1.54, 1.807) is 13.4 Å². The third kappa shape index (κ3) is 4.24. The fourth-order valence-electron chi connectivity index (χ4n) is 2.88. The van der Waals surface area contributed by atoms with E-state index in [4.69, 9.17) is 9.15 Å². The van der Waals surface area contributed by atoms with Crippen molar-refractivity contribution in [1.82, 2.24) is 0 Å². The fourth-order valence-corrected chi connectivity index (χ4v) is 3.81. The van der Waals surface area contributed by atoms with Gasteiger partial charge in [0.1, 0.15) is 16.5 Å². The van der Waals surface area contributed by atoms with Gasteiger partial charge >= 0.3 is 0 Å². The third-order valence-corrected chi connectivity index (χ3v) is 5.58. The Kier molecular flexibility index (Phi) is 6.01. The van der Waals surface area contributed by atoms with E-state index in [-0.39, 0.29) is 17.6 Å². The Bertz CT molecular complexity index is 888. The van der Waals surface area contributed by atoms with E-state index >= 15 is 0 Å². The summed E-state index contributed by atoms with van der Waals surface area (Å²) < 4.78 is 10.8. The third-order valence-electron chi connectivity index (χ3n) is 4.51. The monoisotopic (exact) mass is 385 g/mol. The Balaban J connectivity index is 1.61. The van der Waals surface area contributed by atoms with Crippen LogP contribution in [0.15, 0.2) is 45.1 Å². The minimum atomic E-state index is -0.106. The summed E-state index contributed by atoms with van der Waals surface area (Å²) in [5.41, 5.74) is 3.72. The molecule has 1 aromatic carbocycles. The van der Waals surface area contributed by atoms with E-state index in [2.05, 4.69) is 22.4 Å². The van der Waals surface area contributed by atoms with Crippen LogP contribution in [0.5, 0.6) is 5.75 Å². The number of benzene rings is 1. The first-order chi connectivity index (χ1) is 13.0. The maximum atomic E-state index is 12.4. The van der Waals surface area contributed by atoms with Gasteiger partial charge in [0, 0.05) is 0 Å². The zero-order valence-electron chi connectivity index (χ0n) is 15.9. The van der Waals surface area contributed by atoms with Crippen molar-refractivity contribution < 1.29 is 13.9 Å². The van der Waals surface area contributed by atoms with Gasteiger partial charge in [0.05, 0.1) is 30.7 Å². The van der Waals surface area contributed by atoms with Crippen LogP contribution in [-0.2, 0) is 4.79 Å². The van der Waals surface area contributed by atoms with Gasteiger partial charge in [-0.3, -0.25) is 4.79 Å². The van der Waals surface area contributed by atoms with Crippen LogP contribution in [0.25, 0.3) is 0 Å². The van der Waals surface area contributed by atoms with E-state index in [0.717, 1.165) is 34.1 Å². The van der Waals surface area contributed by atoms with Gasteiger partial charge in [-0.2, -0.15) is 5.10 Å². The predicted molar refractivity (Wildman–Crippen MR) is 110 cm³/mol. The molecule has 0 aliphatic carbocycles. The molecule has 7 heteroatoms. The van der Waals surface area contributed by atoms with E-state index in [9.17, 15) is 4.79 Å². The Hall–Kier alpha value is -2.54. The molecule has 0 saturated heterocycles. The van der Waals surface area contributed by atoms with Gasteiger partial charge in [0.2, 0.25) is 5.91 Å². The van der Waals surface area contributed by atoms with E-state index in [0.29, 0.717) is 11.4 Å². The number of furan rings is 1. The number of methoxy groups -OCH3 is 1. The molecule has 1 amide bonds. The Morgan fingerprint density at radius 1 is 1.30 bits per heavy atom. The summed E-state index contributed by atoms with van der Waals surface area (Å²) in [6.07, 6.45) is 2.47. The van der Waals surface area contributed by atoms with E-state index in [1.807, 2.05) is 38.1 Å². The van der Waals surface area contributed by atoms with Gasteiger partial charge in [-0.05, 0) is 55.7 Å². The topological polar surface area (TPSA) is 76.2 Å². The number of ether oxygens (including phenoxy) is 1. The Morgan fingerprint density at radius 2 is 2.07 bits per heavy atom. The lowest BCUT2D eigenvalue weighted by Crippen LogP contribution is -2.21. The minimum absolute atomic E-state index is 0.0603. The van der Waals surface area contributed by atoms with Crippen LogP contribution in [0.3, 0.4) is 0 Å². The number of rotatable bonds is 6. The van der Waals surface area contributed by atoms with E-state index < -0.39 is 0 Å². The molecule has 0 fully saturated rings. The van der Waals surface area contributed by atoms with Crippen LogP contribution in [0, 0.1) is 19.8 Å².